The summed E-state index contributed by atoms with van der Waals surface area (Å²) in [5, 5.41) is 1.06. The van der Waals surface area contributed by atoms with Crippen molar-refractivity contribution in [3.8, 4) is 0 Å². The van der Waals surface area contributed by atoms with Crippen LogP contribution in [0.1, 0.15) is 22.3 Å². The third kappa shape index (κ3) is 4.82. The van der Waals surface area contributed by atoms with Crippen LogP contribution < -0.4 is 10.9 Å². The van der Waals surface area contributed by atoms with Gasteiger partial charge in [0, 0.05) is 42.2 Å². The van der Waals surface area contributed by atoms with Crippen LogP contribution in [0.5, 0.6) is 0 Å². The van der Waals surface area contributed by atoms with Crippen molar-refractivity contribution in [3.63, 3.8) is 0 Å². The molecule has 168 valence electrons. The monoisotopic (exact) mass is 456 g/mol. The SMILES string of the molecule is O=C(CCc1c[nH]c2ccccc12)NNC(=O)c1cccc(S(=O)(=O)N2CCOCC2)c1. The van der Waals surface area contributed by atoms with Crippen LogP contribution in [-0.4, -0.2) is 55.8 Å². The zero-order chi connectivity index (χ0) is 22.6. The Balaban J connectivity index is 1.33. The van der Waals surface area contributed by atoms with Gasteiger partial charge in [-0.15, -0.1) is 0 Å². The van der Waals surface area contributed by atoms with Crippen LogP contribution in [0.4, 0.5) is 0 Å². The van der Waals surface area contributed by atoms with Gasteiger partial charge >= 0.3 is 0 Å². The second-order valence-electron chi connectivity index (χ2n) is 7.41. The smallest absolute Gasteiger partial charge is 0.269 e. The summed E-state index contributed by atoms with van der Waals surface area (Å²) in [7, 11) is -3.72. The Labute approximate surface area is 185 Å². The summed E-state index contributed by atoms with van der Waals surface area (Å²) in [4.78, 5) is 27.8. The van der Waals surface area contributed by atoms with E-state index in [2.05, 4.69) is 15.8 Å². The lowest BCUT2D eigenvalue weighted by Crippen LogP contribution is -2.42. The molecule has 0 radical (unpaired) electrons. The first-order valence-corrected chi connectivity index (χ1v) is 11.7. The summed E-state index contributed by atoms with van der Waals surface area (Å²) in [5.41, 5.74) is 6.89. The number of hydrazine groups is 1. The van der Waals surface area contributed by atoms with E-state index in [4.69, 9.17) is 4.74 Å². The van der Waals surface area contributed by atoms with E-state index in [1.807, 2.05) is 30.5 Å². The highest BCUT2D eigenvalue weighted by molar-refractivity contribution is 7.89. The third-order valence-electron chi connectivity index (χ3n) is 5.32. The molecule has 1 aromatic heterocycles. The number of carbonyl (C=O) groups is 2. The summed E-state index contributed by atoms with van der Waals surface area (Å²) in [5.74, 6) is -0.940. The average molecular weight is 457 g/mol. The Bertz CT molecular complexity index is 1230. The molecular formula is C22H24N4O5S. The van der Waals surface area contributed by atoms with Crippen molar-refractivity contribution in [2.24, 2.45) is 0 Å². The number of sulfonamides is 1. The molecule has 32 heavy (non-hydrogen) atoms. The van der Waals surface area contributed by atoms with Crippen LogP contribution in [0.3, 0.4) is 0 Å². The predicted molar refractivity (Wildman–Crippen MR) is 118 cm³/mol. The topological polar surface area (TPSA) is 121 Å². The molecule has 0 bridgehead atoms. The third-order valence-corrected chi connectivity index (χ3v) is 7.21. The molecule has 1 fully saturated rings. The van der Waals surface area contributed by atoms with E-state index in [1.165, 1.54) is 28.6 Å². The fourth-order valence-corrected chi connectivity index (χ4v) is 5.04. The molecule has 0 atom stereocenters. The Hall–Kier alpha value is -3.21. The molecule has 10 heteroatoms. The molecule has 2 amide bonds. The van der Waals surface area contributed by atoms with Crippen molar-refractivity contribution in [3.05, 3.63) is 65.9 Å². The van der Waals surface area contributed by atoms with E-state index in [-0.39, 0.29) is 35.9 Å². The zero-order valence-corrected chi connectivity index (χ0v) is 18.2. The number of aromatic amines is 1. The van der Waals surface area contributed by atoms with Gasteiger partial charge in [0.15, 0.2) is 0 Å². The summed E-state index contributed by atoms with van der Waals surface area (Å²) >= 11 is 0. The quantitative estimate of drug-likeness (QED) is 0.487. The molecule has 2 aromatic carbocycles. The van der Waals surface area contributed by atoms with Crippen LogP contribution in [0.15, 0.2) is 59.6 Å². The maximum Gasteiger partial charge on any atom is 0.269 e. The lowest BCUT2D eigenvalue weighted by molar-refractivity contribution is -0.121. The summed E-state index contributed by atoms with van der Waals surface area (Å²) < 4.78 is 32.1. The van der Waals surface area contributed by atoms with Crippen LogP contribution in [0.25, 0.3) is 10.9 Å². The van der Waals surface area contributed by atoms with Gasteiger partial charge in [-0.25, -0.2) is 8.42 Å². The lowest BCUT2D eigenvalue weighted by Gasteiger charge is -2.26. The summed E-state index contributed by atoms with van der Waals surface area (Å²) in [6.45, 7) is 1.21. The highest BCUT2D eigenvalue weighted by Crippen LogP contribution is 2.19. The first-order valence-electron chi connectivity index (χ1n) is 10.3. The molecule has 3 aromatic rings. The predicted octanol–water partition coefficient (Wildman–Crippen LogP) is 1.58. The number of fused-ring (bicyclic) bond motifs is 1. The number of ether oxygens (including phenoxy) is 1. The van der Waals surface area contributed by atoms with Gasteiger partial charge in [0.05, 0.1) is 18.1 Å². The molecule has 4 rings (SSSR count). The number of para-hydroxylation sites is 1. The lowest BCUT2D eigenvalue weighted by atomic mass is 10.1. The number of nitrogens with zero attached hydrogens (tertiary/aromatic N) is 1. The van der Waals surface area contributed by atoms with Gasteiger partial charge in [-0.2, -0.15) is 4.31 Å². The Morgan fingerprint density at radius 1 is 1.03 bits per heavy atom. The first-order chi connectivity index (χ1) is 15.4. The van der Waals surface area contributed by atoms with Gasteiger partial charge in [0.25, 0.3) is 5.91 Å². The normalized spacial score (nSPS) is 14.9. The minimum absolute atomic E-state index is 0.0257. The molecule has 0 saturated carbocycles. The van der Waals surface area contributed by atoms with E-state index < -0.39 is 15.9 Å². The summed E-state index contributed by atoms with van der Waals surface area (Å²) in [6.07, 6.45) is 2.57. The molecule has 0 spiro atoms. The number of amides is 2. The van der Waals surface area contributed by atoms with Crippen LogP contribution in [-0.2, 0) is 26.0 Å². The Morgan fingerprint density at radius 3 is 2.62 bits per heavy atom. The second kappa shape index (κ2) is 9.51. The van der Waals surface area contributed by atoms with Crippen molar-refractivity contribution in [2.75, 3.05) is 26.3 Å². The second-order valence-corrected chi connectivity index (χ2v) is 9.34. The van der Waals surface area contributed by atoms with E-state index in [9.17, 15) is 18.0 Å². The fourth-order valence-electron chi connectivity index (χ4n) is 3.58. The maximum atomic E-state index is 12.8. The highest BCUT2D eigenvalue weighted by atomic mass is 32.2. The number of nitrogens with one attached hydrogen (secondary N) is 3. The molecule has 9 nitrogen and oxygen atoms in total. The highest BCUT2D eigenvalue weighted by Gasteiger charge is 2.26. The van der Waals surface area contributed by atoms with Crippen LogP contribution >= 0.6 is 0 Å². The van der Waals surface area contributed by atoms with Gasteiger partial charge in [-0.3, -0.25) is 20.4 Å². The number of H-pyrrole nitrogens is 1. The maximum absolute atomic E-state index is 12.8. The van der Waals surface area contributed by atoms with E-state index in [0.717, 1.165) is 16.5 Å². The number of hydrogen-bond donors (Lipinski definition) is 3. The van der Waals surface area contributed by atoms with E-state index >= 15 is 0 Å². The molecule has 2 heterocycles. The number of hydrogen-bond acceptors (Lipinski definition) is 5. The Morgan fingerprint density at radius 2 is 1.81 bits per heavy atom. The van der Waals surface area contributed by atoms with Crippen molar-refractivity contribution in [1.29, 1.82) is 0 Å². The largest absolute Gasteiger partial charge is 0.379 e. The molecular weight excluding hydrogens is 432 g/mol. The van der Waals surface area contributed by atoms with Gasteiger partial charge < -0.3 is 9.72 Å². The Kier molecular flexibility index (Phi) is 6.54. The number of benzene rings is 2. The summed E-state index contributed by atoms with van der Waals surface area (Å²) in [6, 6.07) is 13.6. The molecule has 1 aliphatic heterocycles. The van der Waals surface area contributed by atoms with Crippen molar-refractivity contribution < 1.29 is 22.7 Å². The van der Waals surface area contributed by atoms with Crippen molar-refractivity contribution in [2.45, 2.75) is 17.7 Å². The average Bonchev–Trinajstić information content (AvgIpc) is 3.25. The number of aryl methyl sites for hydroxylation is 1. The molecule has 1 aliphatic rings. The molecule has 3 N–H and O–H groups in total. The fraction of sp³-hybridized carbons (Fsp3) is 0.273. The number of aromatic nitrogens is 1. The molecule has 0 unspecified atom stereocenters. The van der Waals surface area contributed by atoms with Crippen molar-refractivity contribution in [1.82, 2.24) is 20.1 Å². The van der Waals surface area contributed by atoms with Crippen LogP contribution in [0, 0.1) is 0 Å². The van der Waals surface area contributed by atoms with Gasteiger partial charge in [0.2, 0.25) is 15.9 Å². The standard InChI is InChI=1S/C22H24N4O5S/c27-21(9-8-17-15-23-20-7-2-1-6-19(17)20)24-25-22(28)16-4-3-5-18(14-16)32(29,30)26-10-12-31-13-11-26/h1-7,14-15,23H,8-13H2,(H,24,27)(H,25,28). The minimum Gasteiger partial charge on any atom is -0.379 e. The number of rotatable bonds is 6. The number of morpholine rings is 1. The van der Waals surface area contributed by atoms with E-state index in [1.54, 1.807) is 0 Å². The van der Waals surface area contributed by atoms with Gasteiger partial charge in [-0.05, 0) is 36.2 Å². The van der Waals surface area contributed by atoms with Crippen LogP contribution in [0.2, 0.25) is 0 Å². The number of carbonyl (C=O) groups excluding carboxylic acids is 2. The van der Waals surface area contributed by atoms with E-state index in [0.29, 0.717) is 19.6 Å². The van der Waals surface area contributed by atoms with Gasteiger partial charge in [-0.1, -0.05) is 24.3 Å². The minimum atomic E-state index is -3.72. The van der Waals surface area contributed by atoms with Crippen molar-refractivity contribution >= 4 is 32.7 Å². The molecule has 1 saturated heterocycles. The van der Waals surface area contributed by atoms with Gasteiger partial charge in [0.1, 0.15) is 0 Å². The zero-order valence-electron chi connectivity index (χ0n) is 17.3. The molecule has 0 aliphatic carbocycles. The first kappa shape index (κ1) is 22.0.